The Bertz CT molecular complexity index is 318. The van der Waals surface area contributed by atoms with Crippen molar-refractivity contribution in [1.82, 2.24) is 4.90 Å². The molecule has 3 heteroatoms. The first kappa shape index (κ1) is 16.5. The first-order valence-electron chi connectivity index (χ1n) is 6.33. The second kappa shape index (κ2) is 8.56. The minimum absolute atomic E-state index is 0.206. The van der Waals surface area contributed by atoms with Gasteiger partial charge in [0.2, 0.25) is 0 Å². The summed E-state index contributed by atoms with van der Waals surface area (Å²) in [4.78, 5) is 13.9. The van der Waals surface area contributed by atoms with E-state index in [1.54, 1.807) is 12.2 Å². The Hall–Kier alpha value is -1.51. The molecule has 0 bridgehead atoms. The maximum absolute atomic E-state index is 12.0. The van der Waals surface area contributed by atoms with Crippen molar-refractivity contribution in [1.29, 1.82) is 0 Å². The lowest BCUT2D eigenvalue weighted by molar-refractivity contribution is -0.148. The molecule has 0 spiro atoms. The summed E-state index contributed by atoms with van der Waals surface area (Å²) < 4.78 is 5.13. The van der Waals surface area contributed by atoms with Crippen LogP contribution in [0.15, 0.2) is 37.2 Å². The molecule has 0 saturated heterocycles. The predicted octanol–water partition coefficient (Wildman–Crippen LogP) is 3.50. The second-order valence-corrected chi connectivity index (χ2v) is 4.62. The lowest BCUT2D eigenvalue weighted by atomic mass is 10.0. The highest BCUT2D eigenvalue weighted by Crippen LogP contribution is 2.18. The third-order valence-corrected chi connectivity index (χ3v) is 2.41. The van der Waals surface area contributed by atoms with Crippen LogP contribution in [0.3, 0.4) is 0 Å². The van der Waals surface area contributed by atoms with Crippen molar-refractivity contribution < 1.29 is 9.53 Å². The number of hydrogen-bond donors (Lipinski definition) is 0. The molecule has 0 radical (unpaired) electrons. The highest BCUT2D eigenvalue weighted by Gasteiger charge is 2.26. The van der Waals surface area contributed by atoms with Crippen LogP contribution >= 0.6 is 0 Å². The van der Waals surface area contributed by atoms with Crippen molar-refractivity contribution >= 4 is 5.97 Å². The molecular weight excluding hydrogens is 226 g/mol. The van der Waals surface area contributed by atoms with Crippen molar-refractivity contribution in [2.75, 3.05) is 6.61 Å². The number of allylic oxidation sites excluding steroid dienone is 3. The Balaban J connectivity index is 5.08. The molecule has 0 N–H and O–H groups in total. The molecule has 0 aromatic carbocycles. The summed E-state index contributed by atoms with van der Waals surface area (Å²) in [5.41, 5.74) is 0.812. The number of carbonyl (C=O) groups is 1. The van der Waals surface area contributed by atoms with Gasteiger partial charge >= 0.3 is 5.97 Å². The first-order chi connectivity index (χ1) is 8.43. The molecule has 0 aromatic heterocycles. The van der Waals surface area contributed by atoms with Crippen molar-refractivity contribution in [2.45, 2.75) is 40.2 Å². The zero-order chi connectivity index (χ0) is 14.1. The molecule has 0 aromatic rings. The van der Waals surface area contributed by atoms with Crippen LogP contribution in [-0.4, -0.2) is 23.5 Å². The molecule has 0 amide bonds. The third-order valence-electron chi connectivity index (χ3n) is 2.41. The van der Waals surface area contributed by atoms with Gasteiger partial charge in [-0.2, -0.15) is 0 Å². The maximum atomic E-state index is 12.0. The summed E-state index contributed by atoms with van der Waals surface area (Å²) in [6, 6.07) is -0.321. The Morgan fingerprint density at radius 2 is 2.06 bits per heavy atom. The van der Waals surface area contributed by atoms with Gasteiger partial charge in [-0.1, -0.05) is 33.1 Å². The monoisotopic (exact) mass is 251 g/mol. The maximum Gasteiger partial charge on any atom is 0.329 e. The van der Waals surface area contributed by atoms with Gasteiger partial charge < -0.3 is 9.64 Å². The quantitative estimate of drug-likeness (QED) is 0.488. The summed E-state index contributed by atoms with van der Waals surface area (Å²) in [6.45, 7) is 15.8. The molecule has 0 rings (SSSR count). The average Bonchev–Trinajstić information content (AvgIpc) is 2.27. The number of rotatable bonds is 8. The van der Waals surface area contributed by atoms with E-state index in [2.05, 4.69) is 27.0 Å². The lowest BCUT2D eigenvalue weighted by Gasteiger charge is -2.30. The van der Waals surface area contributed by atoms with Crippen LogP contribution in [0.5, 0.6) is 0 Å². The molecular formula is C15H25NO2. The summed E-state index contributed by atoms with van der Waals surface area (Å²) in [5, 5.41) is 0. The van der Waals surface area contributed by atoms with Gasteiger partial charge in [0.1, 0.15) is 6.04 Å². The van der Waals surface area contributed by atoms with Crippen LogP contribution in [0.4, 0.5) is 0 Å². The van der Waals surface area contributed by atoms with E-state index in [1.807, 2.05) is 24.9 Å². The van der Waals surface area contributed by atoms with E-state index in [0.29, 0.717) is 12.5 Å². The predicted molar refractivity (Wildman–Crippen MR) is 75.9 cm³/mol. The fourth-order valence-corrected chi connectivity index (χ4v) is 1.66. The van der Waals surface area contributed by atoms with Crippen molar-refractivity contribution in [3.8, 4) is 0 Å². The van der Waals surface area contributed by atoms with Crippen LogP contribution in [-0.2, 0) is 9.53 Å². The molecule has 0 heterocycles. The zero-order valence-electron chi connectivity index (χ0n) is 12.0. The first-order valence-corrected chi connectivity index (χ1v) is 6.33. The summed E-state index contributed by atoms with van der Waals surface area (Å²) in [7, 11) is 0. The second-order valence-electron chi connectivity index (χ2n) is 4.62. The molecule has 102 valence electrons. The molecule has 0 aliphatic carbocycles. The lowest BCUT2D eigenvalue weighted by Crippen LogP contribution is -2.38. The van der Waals surface area contributed by atoms with Crippen molar-refractivity contribution in [2.24, 2.45) is 5.92 Å². The van der Waals surface area contributed by atoms with Gasteiger partial charge in [0.25, 0.3) is 0 Å². The average molecular weight is 251 g/mol. The third kappa shape index (κ3) is 5.71. The molecule has 1 atom stereocenters. The Kier molecular flexibility index (Phi) is 7.84. The number of esters is 1. The fourth-order valence-electron chi connectivity index (χ4n) is 1.66. The zero-order valence-corrected chi connectivity index (χ0v) is 12.0. The van der Waals surface area contributed by atoms with E-state index in [-0.39, 0.29) is 12.0 Å². The SMILES string of the molecule is C=C/C=C\N(C(=C)C)C(CC(C)C)C(=O)OCC. The number of carbonyl (C=O) groups excluding carboxylic acids is 1. The standard InChI is InChI=1S/C15H25NO2/c1-7-9-10-16(13(5)6)14(11-12(3)4)15(17)18-8-2/h7,9-10,12,14H,1,5,8,11H2,2-4,6H3/b10-9-. The van der Waals surface area contributed by atoms with Crippen LogP contribution in [0.2, 0.25) is 0 Å². The topological polar surface area (TPSA) is 29.5 Å². The van der Waals surface area contributed by atoms with Gasteiger partial charge in [-0.25, -0.2) is 4.79 Å². The Morgan fingerprint density at radius 1 is 1.44 bits per heavy atom. The molecule has 0 aliphatic heterocycles. The van der Waals surface area contributed by atoms with Gasteiger partial charge in [-0.05, 0) is 32.3 Å². The smallest absolute Gasteiger partial charge is 0.329 e. The van der Waals surface area contributed by atoms with E-state index in [9.17, 15) is 4.79 Å². The highest BCUT2D eigenvalue weighted by atomic mass is 16.5. The number of nitrogens with zero attached hydrogens (tertiary/aromatic N) is 1. The van der Waals surface area contributed by atoms with Crippen molar-refractivity contribution in [3.05, 3.63) is 37.2 Å². The van der Waals surface area contributed by atoms with E-state index in [1.165, 1.54) is 0 Å². The minimum Gasteiger partial charge on any atom is -0.464 e. The van der Waals surface area contributed by atoms with Crippen LogP contribution in [0, 0.1) is 5.92 Å². The Labute approximate surface area is 111 Å². The molecule has 0 fully saturated rings. The fraction of sp³-hybridized carbons (Fsp3) is 0.533. The molecule has 3 nitrogen and oxygen atoms in total. The van der Waals surface area contributed by atoms with Gasteiger partial charge in [0.05, 0.1) is 6.61 Å². The summed E-state index contributed by atoms with van der Waals surface area (Å²) >= 11 is 0. The van der Waals surface area contributed by atoms with Gasteiger partial charge in [-0.3, -0.25) is 0 Å². The van der Waals surface area contributed by atoms with Gasteiger partial charge in [0, 0.05) is 11.9 Å². The summed E-state index contributed by atoms with van der Waals surface area (Å²) in [6.07, 6.45) is 6.02. The van der Waals surface area contributed by atoms with E-state index in [0.717, 1.165) is 12.1 Å². The molecule has 0 aliphatic rings. The molecule has 0 saturated carbocycles. The molecule has 1 unspecified atom stereocenters. The van der Waals surface area contributed by atoms with Gasteiger partial charge in [0.15, 0.2) is 0 Å². The number of ether oxygens (including phenoxy) is 1. The van der Waals surface area contributed by atoms with Crippen LogP contribution in [0.1, 0.15) is 34.1 Å². The largest absolute Gasteiger partial charge is 0.464 e. The van der Waals surface area contributed by atoms with E-state index in [4.69, 9.17) is 4.74 Å². The van der Waals surface area contributed by atoms with E-state index >= 15 is 0 Å². The van der Waals surface area contributed by atoms with Gasteiger partial charge in [-0.15, -0.1) is 0 Å². The van der Waals surface area contributed by atoms with E-state index < -0.39 is 0 Å². The summed E-state index contributed by atoms with van der Waals surface area (Å²) in [5.74, 6) is 0.196. The van der Waals surface area contributed by atoms with Crippen molar-refractivity contribution in [3.63, 3.8) is 0 Å². The molecule has 18 heavy (non-hydrogen) atoms. The number of hydrogen-bond acceptors (Lipinski definition) is 3. The minimum atomic E-state index is -0.321. The van der Waals surface area contributed by atoms with Crippen LogP contribution < -0.4 is 0 Å². The normalized spacial score (nSPS) is 12.5. The Morgan fingerprint density at radius 3 is 2.44 bits per heavy atom. The highest BCUT2D eigenvalue weighted by molar-refractivity contribution is 5.76. The van der Waals surface area contributed by atoms with Crippen LogP contribution in [0.25, 0.3) is 0 Å².